The van der Waals surface area contributed by atoms with Gasteiger partial charge in [-0.15, -0.1) is 0 Å². The lowest BCUT2D eigenvalue weighted by atomic mass is 10.2. The molecule has 0 bridgehead atoms. The van der Waals surface area contributed by atoms with Crippen LogP contribution in [0.2, 0.25) is 0 Å². The maximum absolute atomic E-state index is 13.8. The number of amides is 3. The highest BCUT2D eigenvalue weighted by Gasteiger charge is 2.35. The number of aryl methyl sites for hydroxylation is 3. The molecule has 0 aliphatic carbocycles. The molecule has 1 aromatic heterocycles. The fourth-order valence-electron chi connectivity index (χ4n) is 2.99. The standard InChI is InChI=1S/C17H20FN5O2/c1-10-5-4-6-12(18)15(10)20-17(25)19-13-7-8-23(16(13)24)14-9-11(2)21-22(14)3/h4-6,9,13H,7-8H2,1-3H3,(H2,19,20,25)/t13-/m1/s1. The van der Waals surface area contributed by atoms with Gasteiger partial charge in [-0.1, -0.05) is 12.1 Å². The number of hydrogen-bond donors (Lipinski definition) is 2. The molecule has 0 saturated carbocycles. The van der Waals surface area contributed by atoms with Crippen molar-refractivity contribution in [2.24, 2.45) is 7.05 Å². The number of urea groups is 1. The van der Waals surface area contributed by atoms with Gasteiger partial charge in [-0.3, -0.25) is 14.4 Å². The summed E-state index contributed by atoms with van der Waals surface area (Å²) in [4.78, 5) is 26.3. The number of para-hydroxylation sites is 1. The first-order valence-electron chi connectivity index (χ1n) is 8.01. The molecule has 1 atom stereocenters. The van der Waals surface area contributed by atoms with E-state index in [4.69, 9.17) is 0 Å². The number of benzene rings is 1. The molecule has 1 fully saturated rings. The molecule has 3 rings (SSSR count). The Labute approximate surface area is 144 Å². The smallest absolute Gasteiger partial charge is 0.319 e. The highest BCUT2D eigenvalue weighted by atomic mass is 19.1. The van der Waals surface area contributed by atoms with Crippen LogP contribution in [0.15, 0.2) is 24.3 Å². The van der Waals surface area contributed by atoms with Crippen LogP contribution >= 0.6 is 0 Å². The van der Waals surface area contributed by atoms with Crippen molar-refractivity contribution in [1.29, 1.82) is 0 Å². The van der Waals surface area contributed by atoms with Crippen LogP contribution in [-0.4, -0.2) is 34.3 Å². The van der Waals surface area contributed by atoms with Gasteiger partial charge in [-0.25, -0.2) is 9.18 Å². The monoisotopic (exact) mass is 345 g/mol. The molecule has 0 unspecified atom stereocenters. The summed E-state index contributed by atoms with van der Waals surface area (Å²) in [6.07, 6.45) is 0.479. The van der Waals surface area contributed by atoms with Crippen molar-refractivity contribution in [3.63, 3.8) is 0 Å². The molecular weight excluding hydrogens is 325 g/mol. The zero-order valence-electron chi connectivity index (χ0n) is 14.3. The second-order valence-electron chi connectivity index (χ2n) is 6.13. The molecule has 2 N–H and O–H groups in total. The molecule has 3 amide bonds. The van der Waals surface area contributed by atoms with Gasteiger partial charge < -0.3 is 10.6 Å². The normalized spacial score (nSPS) is 17.0. The number of hydrogen-bond acceptors (Lipinski definition) is 3. The van der Waals surface area contributed by atoms with Gasteiger partial charge in [0.15, 0.2) is 0 Å². The third kappa shape index (κ3) is 3.33. The van der Waals surface area contributed by atoms with E-state index < -0.39 is 17.9 Å². The minimum Gasteiger partial charge on any atom is -0.326 e. The van der Waals surface area contributed by atoms with Gasteiger partial charge in [0.1, 0.15) is 17.7 Å². The number of carbonyl (C=O) groups excluding carboxylic acids is 2. The van der Waals surface area contributed by atoms with Crippen LogP contribution in [0, 0.1) is 19.7 Å². The number of carbonyl (C=O) groups is 2. The fourth-order valence-corrected chi connectivity index (χ4v) is 2.99. The summed E-state index contributed by atoms with van der Waals surface area (Å²) in [6, 6.07) is 5.11. The minimum atomic E-state index is -0.651. The van der Waals surface area contributed by atoms with Gasteiger partial charge in [0.2, 0.25) is 0 Å². The van der Waals surface area contributed by atoms with E-state index in [1.165, 1.54) is 6.07 Å². The predicted molar refractivity (Wildman–Crippen MR) is 92.0 cm³/mol. The largest absolute Gasteiger partial charge is 0.326 e. The molecule has 132 valence electrons. The SMILES string of the molecule is Cc1cc(N2CC[C@@H](NC(=O)Nc3c(C)cccc3F)C2=O)n(C)n1. The number of nitrogens with one attached hydrogen (secondary N) is 2. The van der Waals surface area contributed by atoms with Crippen LogP contribution in [-0.2, 0) is 11.8 Å². The van der Waals surface area contributed by atoms with E-state index in [9.17, 15) is 14.0 Å². The summed E-state index contributed by atoms with van der Waals surface area (Å²) in [6.45, 7) is 4.04. The first kappa shape index (κ1) is 16.9. The molecule has 0 radical (unpaired) electrons. The Hall–Kier alpha value is -2.90. The third-order valence-corrected chi connectivity index (χ3v) is 4.23. The molecular formula is C17H20FN5O2. The van der Waals surface area contributed by atoms with Crippen molar-refractivity contribution in [2.45, 2.75) is 26.3 Å². The topological polar surface area (TPSA) is 79.3 Å². The highest BCUT2D eigenvalue weighted by Crippen LogP contribution is 2.22. The van der Waals surface area contributed by atoms with Gasteiger partial charge in [-0.2, -0.15) is 5.10 Å². The summed E-state index contributed by atoms with van der Waals surface area (Å²) < 4.78 is 15.4. The van der Waals surface area contributed by atoms with E-state index in [2.05, 4.69) is 15.7 Å². The Kier molecular flexibility index (Phi) is 4.43. The zero-order valence-corrected chi connectivity index (χ0v) is 14.3. The lowest BCUT2D eigenvalue weighted by molar-refractivity contribution is -0.118. The number of nitrogens with zero attached hydrogens (tertiary/aromatic N) is 3. The maximum Gasteiger partial charge on any atom is 0.319 e. The van der Waals surface area contributed by atoms with Gasteiger partial charge in [0, 0.05) is 19.7 Å². The van der Waals surface area contributed by atoms with Gasteiger partial charge >= 0.3 is 6.03 Å². The first-order chi connectivity index (χ1) is 11.9. The molecule has 1 saturated heterocycles. The van der Waals surface area contributed by atoms with Crippen molar-refractivity contribution < 1.29 is 14.0 Å². The number of halogens is 1. The summed E-state index contributed by atoms with van der Waals surface area (Å²) in [5.74, 6) is -0.0274. The van der Waals surface area contributed by atoms with Crippen molar-refractivity contribution in [3.05, 3.63) is 41.3 Å². The van der Waals surface area contributed by atoms with E-state index >= 15 is 0 Å². The first-order valence-corrected chi connectivity index (χ1v) is 8.01. The van der Waals surface area contributed by atoms with Crippen LogP contribution in [0.25, 0.3) is 0 Å². The van der Waals surface area contributed by atoms with Crippen LogP contribution < -0.4 is 15.5 Å². The Morgan fingerprint density at radius 2 is 2.12 bits per heavy atom. The minimum absolute atomic E-state index is 0.115. The molecule has 1 aliphatic heterocycles. The van der Waals surface area contributed by atoms with Crippen LogP contribution in [0.4, 0.5) is 20.7 Å². The van der Waals surface area contributed by atoms with Crippen LogP contribution in [0.5, 0.6) is 0 Å². The molecule has 1 aliphatic rings. The van der Waals surface area contributed by atoms with Crippen molar-refractivity contribution in [3.8, 4) is 0 Å². The average molecular weight is 345 g/mol. The van der Waals surface area contributed by atoms with E-state index in [0.717, 1.165) is 5.69 Å². The Balaban J connectivity index is 1.67. The average Bonchev–Trinajstić information content (AvgIpc) is 3.06. The molecule has 8 heteroatoms. The molecule has 0 spiro atoms. The van der Waals surface area contributed by atoms with Crippen LogP contribution in [0.1, 0.15) is 17.7 Å². The lowest BCUT2D eigenvalue weighted by Gasteiger charge is -2.17. The molecule has 2 aromatic rings. The van der Waals surface area contributed by atoms with Gasteiger partial charge in [-0.05, 0) is 31.9 Å². The van der Waals surface area contributed by atoms with E-state index in [-0.39, 0.29) is 11.6 Å². The Morgan fingerprint density at radius 1 is 1.36 bits per heavy atom. The molecule has 2 heterocycles. The fraction of sp³-hybridized carbons (Fsp3) is 0.353. The Bertz CT molecular complexity index is 812. The van der Waals surface area contributed by atoms with E-state index in [1.807, 2.05) is 13.0 Å². The zero-order chi connectivity index (χ0) is 18.1. The number of anilines is 2. The highest BCUT2D eigenvalue weighted by molar-refractivity contribution is 6.02. The van der Waals surface area contributed by atoms with Crippen molar-refractivity contribution >= 4 is 23.4 Å². The van der Waals surface area contributed by atoms with Crippen molar-refractivity contribution in [1.82, 2.24) is 15.1 Å². The van der Waals surface area contributed by atoms with Crippen molar-refractivity contribution in [2.75, 3.05) is 16.8 Å². The second-order valence-corrected chi connectivity index (χ2v) is 6.13. The molecule has 7 nitrogen and oxygen atoms in total. The number of rotatable bonds is 3. The molecule has 1 aromatic carbocycles. The lowest BCUT2D eigenvalue weighted by Crippen LogP contribution is -2.43. The van der Waals surface area contributed by atoms with Crippen LogP contribution in [0.3, 0.4) is 0 Å². The summed E-state index contributed by atoms with van der Waals surface area (Å²) in [5, 5.41) is 9.34. The summed E-state index contributed by atoms with van der Waals surface area (Å²) >= 11 is 0. The molecule has 25 heavy (non-hydrogen) atoms. The summed E-state index contributed by atoms with van der Waals surface area (Å²) in [7, 11) is 1.77. The van der Waals surface area contributed by atoms with E-state index in [0.29, 0.717) is 24.3 Å². The Morgan fingerprint density at radius 3 is 2.76 bits per heavy atom. The quantitative estimate of drug-likeness (QED) is 0.894. The van der Waals surface area contributed by atoms with E-state index in [1.54, 1.807) is 35.7 Å². The maximum atomic E-state index is 13.8. The summed E-state index contributed by atoms with van der Waals surface area (Å²) in [5.41, 5.74) is 1.54. The second kappa shape index (κ2) is 6.54. The predicted octanol–water partition coefficient (Wildman–Crippen LogP) is 2.10. The third-order valence-electron chi connectivity index (χ3n) is 4.23. The number of aromatic nitrogens is 2. The van der Waals surface area contributed by atoms with Gasteiger partial charge in [0.05, 0.1) is 11.4 Å². The van der Waals surface area contributed by atoms with Gasteiger partial charge in [0.25, 0.3) is 5.91 Å².